The fourth-order valence-electron chi connectivity index (χ4n) is 1.84. The molecule has 0 bridgehead atoms. The summed E-state index contributed by atoms with van der Waals surface area (Å²) >= 11 is 0. The van der Waals surface area contributed by atoms with Crippen molar-refractivity contribution in [3.05, 3.63) is 35.6 Å². The van der Waals surface area contributed by atoms with Crippen molar-refractivity contribution in [2.24, 2.45) is 5.92 Å². The van der Waals surface area contributed by atoms with Gasteiger partial charge in [-0.3, -0.25) is 9.59 Å². The van der Waals surface area contributed by atoms with Gasteiger partial charge in [-0.2, -0.15) is 0 Å². The van der Waals surface area contributed by atoms with E-state index in [-0.39, 0.29) is 12.2 Å². The third-order valence-corrected chi connectivity index (χ3v) is 2.63. The first kappa shape index (κ1) is 10.6. The molecule has 16 heavy (non-hydrogen) atoms. The fourth-order valence-corrected chi connectivity index (χ4v) is 1.84. The van der Waals surface area contributed by atoms with Crippen molar-refractivity contribution in [1.82, 2.24) is 0 Å². The molecular formula is C11H9FO4. The third-order valence-electron chi connectivity index (χ3n) is 2.63. The van der Waals surface area contributed by atoms with Gasteiger partial charge in [0.2, 0.25) is 0 Å². The predicted molar refractivity (Wildman–Crippen MR) is 51.2 cm³/mol. The highest BCUT2D eigenvalue weighted by Gasteiger charge is 2.44. The number of ether oxygens (including phenoxy) is 1. The number of aliphatic carboxylic acids is 1. The number of rotatable bonds is 2. The highest BCUT2D eigenvalue weighted by atomic mass is 19.1. The van der Waals surface area contributed by atoms with E-state index < -0.39 is 29.6 Å². The Bertz CT molecular complexity index is 443. The zero-order valence-corrected chi connectivity index (χ0v) is 8.22. The lowest BCUT2D eigenvalue weighted by atomic mass is 9.88. The van der Waals surface area contributed by atoms with E-state index in [4.69, 9.17) is 5.11 Å². The van der Waals surface area contributed by atoms with E-state index in [1.54, 1.807) is 6.07 Å². The number of benzene rings is 1. The van der Waals surface area contributed by atoms with E-state index in [1.165, 1.54) is 18.2 Å². The molecule has 1 fully saturated rings. The molecule has 84 valence electrons. The van der Waals surface area contributed by atoms with Crippen molar-refractivity contribution in [1.29, 1.82) is 0 Å². The SMILES string of the molecule is O=C(O)[C@H]1C(=O)OC[C@@H]1c1ccccc1F. The van der Waals surface area contributed by atoms with Gasteiger partial charge < -0.3 is 9.84 Å². The van der Waals surface area contributed by atoms with Crippen LogP contribution in [0.3, 0.4) is 0 Å². The molecule has 0 aromatic heterocycles. The lowest BCUT2D eigenvalue weighted by Crippen LogP contribution is -2.24. The number of hydrogen-bond donors (Lipinski definition) is 1. The predicted octanol–water partition coefficient (Wildman–Crippen LogP) is 1.17. The van der Waals surface area contributed by atoms with Crippen LogP contribution in [-0.4, -0.2) is 23.7 Å². The van der Waals surface area contributed by atoms with E-state index in [9.17, 15) is 14.0 Å². The van der Waals surface area contributed by atoms with Crippen LogP contribution < -0.4 is 0 Å². The summed E-state index contributed by atoms with van der Waals surface area (Å²) in [6, 6.07) is 5.81. The summed E-state index contributed by atoms with van der Waals surface area (Å²) in [5, 5.41) is 8.88. The normalized spacial score (nSPS) is 24.2. The van der Waals surface area contributed by atoms with Gasteiger partial charge in [-0.05, 0) is 11.6 Å². The first-order valence-electron chi connectivity index (χ1n) is 4.75. The summed E-state index contributed by atoms with van der Waals surface area (Å²) < 4.78 is 18.1. The van der Waals surface area contributed by atoms with Crippen molar-refractivity contribution in [2.45, 2.75) is 5.92 Å². The molecule has 1 aromatic carbocycles. The molecule has 2 rings (SSSR count). The summed E-state index contributed by atoms with van der Waals surface area (Å²) in [5.41, 5.74) is 0.209. The van der Waals surface area contributed by atoms with E-state index >= 15 is 0 Å². The molecule has 1 heterocycles. The minimum Gasteiger partial charge on any atom is -0.481 e. The molecule has 0 spiro atoms. The van der Waals surface area contributed by atoms with Gasteiger partial charge in [-0.15, -0.1) is 0 Å². The molecule has 1 aliphatic rings. The Morgan fingerprint density at radius 1 is 1.44 bits per heavy atom. The molecule has 1 aliphatic heterocycles. The number of carbonyl (C=O) groups is 2. The molecule has 0 saturated carbocycles. The van der Waals surface area contributed by atoms with Gasteiger partial charge in [0.05, 0.1) is 6.61 Å². The summed E-state index contributed by atoms with van der Waals surface area (Å²) in [4.78, 5) is 22.1. The lowest BCUT2D eigenvalue weighted by molar-refractivity contribution is -0.152. The van der Waals surface area contributed by atoms with Gasteiger partial charge in [0.1, 0.15) is 5.82 Å². The Kier molecular flexibility index (Phi) is 2.60. The number of carboxylic acids is 1. The van der Waals surface area contributed by atoms with Crippen LogP contribution in [0.4, 0.5) is 4.39 Å². The molecule has 0 aliphatic carbocycles. The second kappa shape index (κ2) is 3.92. The zero-order valence-electron chi connectivity index (χ0n) is 8.22. The average molecular weight is 224 g/mol. The van der Waals surface area contributed by atoms with Gasteiger partial charge in [0.15, 0.2) is 5.92 Å². The first-order valence-corrected chi connectivity index (χ1v) is 4.75. The summed E-state index contributed by atoms with van der Waals surface area (Å²) in [6.07, 6.45) is 0. The summed E-state index contributed by atoms with van der Waals surface area (Å²) in [5.74, 6) is -4.66. The van der Waals surface area contributed by atoms with Crippen molar-refractivity contribution in [3.8, 4) is 0 Å². The molecule has 1 saturated heterocycles. The Morgan fingerprint density at radius 3 is 2.75 bits per heavy atom. The van der Waals surface area contributed by atoms with Crippen molar-refractivity contribution >= 4 is 11.9 Å². The smallest absolute Gasteiger partial charge is 0.321 e. The highest BCUT2D eigenvalue weighted by molar-refractivity contribution is 5.96. The number of hydrogen-bond acceptors (Lipinski definition) is 3. The largest absolute Gasteiger partial charge is 0.481 e. The van der Waals surface area contributed by atoms with Gasteiger partial charge >= 0.3 is 11.9 Å². The monoisotopic (exact) mass is 224 g/mol. The number of cyclic esters (lactones) is 1. The maximum Gasteiger partial charge on any atom is 0.321 e. The second-order valence-electron chi connectivity index (χ2n) is 3.57. The molecule has 1 aromatic rings. The molecule has 0 radical (unpaired) electrons. The van der Waals surface area contributed by atoms with Crippen molar-refractivity contribution < 1.29 is 23.8 Å². The molecule has 0 unspecified atom stereocenters. The van der Waals surface area contributed by atoms with Crippen molar-refractivity contribution in [3.63, 3.8) is 0 Å². The maximum atomic E-state index is 13.4. The van der Waals surface area contributed by atoms with Gasteiger partial charge in [-0.25, -0.2) is 4.39 Å². The molecule has 4 nitrogen and oxygen atoms in total. The number of carbonyl (C=O) groups excluding carboxylic acids is 1. The van der Waals surface area contributed by atoms with Crippen LogP contribution in [0.1, 0.15) is 11.5 Å². The topological polar surface area (TPSA) is 63.6 Å². The van der Waals surface area contributed by atoms with Gasteiger partial charge in [0, 0.05) is 5.92 Å². The van der Waals surface area contributed by atoms with Gasteiger partial charge in [-0.1, -0.05) is 18.2 Å². The highest BCUT2D eigenvalue weighted by Crippen LogP contribution is 2.33. The fraction of sp³-hybridized carbons (Fsp3) is 0.273. The van der Waals surface area contributed by atoms with Crippen LogP contribution in [-0.2, 0) is 14.3 Å². The van der Waals surface area contributed by atoms with Crippen LogP contribution >= 0.6 is 0 Å². The maximum absolute atomic E-state index is 13.4. The van der Waals surface area contributed by atoms with E-state index in [0.29, 0.717) is 0 Å². The van der Waals surface area contributed by atoms with Gasteiger partial charge in [0.25, 0.3) is 0 Å². The Morgan fingerprint density at radius 2 is 2.12 bits per heavy atom. The van der Waals surface area contributed by atoms with E-state index in [2.05, 4.69) is 4.74 Å². The quantitative estimate of drug-likeness (QED) is 0.605. The molecule has 2 atom stereocenters. The van der Waals surface area contributed by atoms with Crippen LogP contribution in [0.2, 0.25) is 0 Å². The Labute approximate surface area is 90.6 Å². The average Bonchev–Trinajstić information content (AvgIpc) is 2.61. The third kappa shape index (κ3) is 1.64. The summed E-state index contributed by atoms with van der Waals surface area (Å²) in [7, 11) is 0. The van der Waals surface area contributed by atoms with Crippen LogP contribution in [0.15, 0.2) is 24.3 Å². The number of esters is 1. The molecular weight excluding hydrogens is 215 g/mol. The van der Waals surface area contributed by atoms with Crippen LogP contribution in [0.25, 0.3) is 0 Å². The van der Waals surface area contributed by atoms with Crippen LogP contribution in [0.5, 0.6) is 0 Å². The molecule has 0 amide bonds. The van der Waals surface area contributed by atoms with Crippen molar-refractivity contribution in [2.75, 3.05) is 6.61 Å². The summed E-state index contributed by atoms with van der Waals surface area (Å²) in [6.45, 7) is -0.0866. The van der Waals surface area contributed by atoms with Crippen LogP contribution in [0, 0.1) is 11.7 Å². The minimum atomic E-state index is -1.31. The molecule has 5 heteroatoms. The standard InChI is InChI=1S/C11H9FO4/c12-8-4-2-1-3-6(8)7-5-16-11(15)9(7)10(13)14/h1-4,7,9H,5H2,(H,13,14)/t7-,9+/m1/s1. The van der Waals surface area contributed by atoms with E-state index in [0.717, 1.165) is 0 Å². The second-order valence-corrected chi connectivity index (χ2v) is 3.57. The minimum absolute atomic E-state index is 0.0866. The Hall–Kier alpha value is -1.91. The molecule has 1 N–H and O–H groups in total. The van der Waals surface area contributed by atoms with E-state index in [1.807, 2.05) is 0 Å². The lowest BCUT2D eigenvalue weighted by Gasteiger charge is -2.12. The Balaban J connectivity index is 2.38. The number of carboxylic acid groups (broad SMARTS) is 1. The zero-order chi connectivity index (χ0) is 11.7. The number of halogens is 1. The first-order chi connectivity index (χ1) is 7.61.